The first-order chi connectivity index (χ1) is 25.4. The van der Waals surface area contributed by atoms with Crippen molar-refractivity contribution < 1.29 is 110 Å². The molecule has 54 heavy (non-hydrogen) atoms. The van der Waals surface area contributed by atoms with Gasteiger partial charge in [-0.05, 0) is 19.4 Å². The fourth-order valence-electron chi connectivity index (χ4n) is 7.24. The summed E-state index contributed by atoms with van der Waals surface area (Å²) in [6.07, 6.45) is -34.8. The van der Waals surface area contributed by atoms with Gasteiger partial charge in [-0.3, -0.25) is 0 Å². The molecule has 0 unspecified atom stereocenters. The minimum Gasteiger partial charge on any atom is -0.394 e. The van der Waals surface area contributed by atoms with Crippen molar-refractivity contribution in [2.24, 2.45) is 0 Å². The molecule has 0 amide bonds. The molecule has 5 rings (SSSR count). The molecule has 0 radical (unpaired) electrons. The molecule has 5 aliphatic rings. The Morgan fingerprint density at radius 2 is 1.02 bits per heavy atom. The normalized spacial score (nSPS) is 53.2. The Morgan fingerprint density at radius 3 is 1.61 bits per heavy atom. The molecule has 4 fully saturated rings. The second-order valence-electron chi connectivity index (χ2n) is 14.2. The zero-order chi connectivity index (χ0) is 39.9. The highest BCUT2D eigenvalue weighted by molar-refractivity contribution is 5.23. The first-order valence-corrected chi connectivity index (χ1v) is 17.5. The van der Waals surface area contributed by atoms with E-state index in [1.165, 1.54) is 19.9 Å². The van der Waals surface area contributed by atoms with Crippen LogP contribution in [0.4, 0.5) is 0 Å². The summed E-state index contributed by atoms with van der Waals surface area (Å²) in [5, 5.41) is 159. The zero-order valence-electron chi connectivity index (χ0n) is 29.1. The number of hydrogen-bond donors (Lipinski definition) is 16. The average Bonchev–Trinajstić information content (AvgIpc) is 3.15. The first-order valence-electron chi connectivity index (χ1n) is 17.5. The van der Waals surface area contributed by atoms with Gasteiger partial charge in [0.15, 0.2) is 25.2 Å². The lowest BCUT2D eigenvalue weighted by molar-refractivity contribution is -0.373. The molecule has 0 aromatic heterocycles. The molecule has 314 valence electrons. The molecule has 0 saturated carbocycles. The van der Waals surface area contributed by atoms with Gasteiger partial charge in [-0.1, -0.05) is 6.08 Å². The molecule has 1 aliphatic carbocycles. The minimum absolute atomic E-state index is 0.00309. The maximum absolute atomic E-state index is 11.2. The summed E-state index contributed by atoms with van der Waals surface area (Å²) < 4.78 is 38.6. The highest BCUT2D eigenvalue weighted by Gasteiger charge is 2.54. The molecular weight excluding hydrogens is 738 g/mol. The monoisotopic (exact) mass is 791 g/mol. The van der Waals surface area contributed by atoms with Gasteiger partial charge in [0.2, 0.25) is 0 Å². The Balaban J connectivity index is 1.22. The van der Waals surface area contributed by atoms with E-state index in [-0.39, 0.29) is 5.57 Å². The summed E-state index contributed by atoms with van der Waals surface area (Å²) in [4.78, 5) is 0. The molecule has 16 N–H and O–H groups in total. The van der Waals surface area contributed by atoms with Crippen LogP contribution in [-0.4, -0.2) is 244 Å². The third kappa shape index (κ3) is 8.64. The quantitative estimate of drug-likeness (QED) is 0.0864. The lowest BCUT2D eigenvalue weighted by Gasteiger charge is -2.49. The van der Waals surface area contributed by atoms with Crippen LogP contribution >= 0.6 is 0 Å². The van der Waals surface area contributed by atoms with Gasteiger partial charge >= 0.3 is 0 Å². The molecular formula is C31H53NO22. The number of hydrogen-bond acceptors (Lipinski definition) is 23. The summed E-state index contributed by atoms with van der Waals surface area (Å²) in [7, 11) is 0. The van der Waals surface area contributed by atoms with Crippen molar-refractivity contribution in [3.63, 3.8) is 0 Å². The van der Waals surface area contributed by atoms with Crippen molar-refractivity contribution in [3.05, 3.63) is 11.6 Å². The van der Waals surface area contributed by atoms with Gasteiger partial charge in [-0.15, -0.1) is 0 Å². The lowest BCUT2D eigenvalue weighted by Crippen LogP contribution is -2.68. The molecule has 4 saturated heterocycles. The first kappa shape index (κ1) is 43.9. The van der Waals surface area contributed by atoms with Gasteiger partial charge in [0.05, 0.1) is 44.1 Å². The van der Waals surface area contributed by atoms with Crippen LogP contribution in [0.5, 0.6) is 0 Å². The van der Waals surface area contributed by atoms with E-state index in [1.54, 1.807) is 0 Å². The molecule has 23 nitrogen and oxygen atoms in total. The summed E-state index contributed by atoms with van der Waals surface area (Å²) in [6.45, 7) is 0.468. The Hall–Kier alpha value is -1.18. The topological polar surface area (TPSA) is 380 Å². The summed E-state index contributed by atoms with van der Waals surface area (Å²) in [5.74, 6) is 0. The highest BCUT2D eigenvalue weighted by Crippen LogP contribution is 2.34. The van der Waals surface area contributed by atoms with Gasteiger partial charge in [-0.25, -0.2) is 0 Å². The molecule has 4 aliphatic heterocycles. The van der Waals surface area contributed by atoms with E-state index in [1.807, 2.05) is 0 Å². The number of aliphatic hydroxyl groups excluding tert-OH is 15. The SMILES string of the molecule is C[C@H]1O[C@H](O[C@@H]2C(CO)=C[C@H](N[C@H]3[C@H](O)[C@@H](O)[C@@H](O[C@H]4[C@H](O)[C@@H](O)[C@@H](O[C@H]5[C@H](O)[C@@H](O)[C@@H](O)O[C@@H]5CO)O[C@@H]4CO)O[C@@H]3C)[C@H](O)[C@H]2O)[C@H](O)[C@@H](O)[C@@H]1O. The highest BCUT2D eigenvalue weighted by atomic mass is 16.8. The molecule has 0 aromatic carbocycles. The summed E-state index contributed by atoms with van der Waals surface area (Å²) >= 11 is 0. The fraction of sp³-hybridized carbons (Fsp3) is 0.935. The second-order valence-corrected chi connectivity index (χ2v) is 14.2. The van der Waals surface area contributed by atoms with Crippen LogP contribution in [0.15, 0.2) is 11.6 Å². The predicted molar refractivity (Wildman–Crippen MR) is 169 cm³/mol. The van der Waals surface area contributed by atoms with Crippen LogP contribution in [0.3, 0.4) is 0 Å². The van der Waals surface area contributed by atoms with E-state index >= 15 is 0 Å². The van der Waals surface area contributed by atoms with E-state index in [4.69, 9.17) is 33.2 Å². The van der Waals surface area contributed by atoms with Crippen molar-refractivity contribution in [2.45, 2.75) is 161 Å². The number of aliphatic hydroxyl groups is 15. The number of ether oxygens (including phenoxy) is 7. The molecule has 0 bridgehead atoms. The summed E-state index contributed by atoms with van der Waals surface area (Å²) in [6, 6.07) is -2.40. The average molecular weight is 792 g/mol. The maximum Gasteiger partial charge on any atom is 0.187 e. The Morgan fingerprint density at radius 1 is 0.519 bits per heavy atom. The Kier molecular flexibility index (Phi) is 14.8. The van der Waals surface area contributed by atoms with E-state index in [2.05, 4.69) is 5.32 Å². The van der Waals surface area contributed by atoms with Gasteiger partial charge in [-0.2, -0.15) is 0 Å². The van der Waals surface area contributed by atoms with Crippen LogP contribution in [-0.2, 0) is 33.2 Å². The Bertz CT molecular complexity index is 1230. The molecule has 24 atom stereocenters. The van der Waals surface area contributed by atoms with Gasteiger partial charge in [0.1, 0.15) is 97.7 Å². The van der Waals surface area contributed by atoms with Gasteiger partial charge < -0.3 is 115 Å². The predicted octanol–water partition coefficient (Wildman–Crippen LogP) is -9.71. The smallest absolute Gasteiger partial charge is 0.187 e. The largest absolute Gasteiger partial charge is 0.394 e. The third-order valence-electron chi connectivity index (χ3n) is 10.5. The van der Waals surface area contributed by atoms with E-state index in [9.17, 15) is 76.6 Å². The summed E-state index contributed by atoms with van der Waals surface area (Å²) in [5.41, 5.74) is 0.00309. The van der Waals surface area contributed by atoms with Gasteiger partial charge in [0, 0.05) is 0 Å². The number of rotatable bonds is 11. The van der Waals surface area contributed by atoms with Crippen molar-refractivity contribution in [3.8, 4) is 0 Å². The van der Waals surface area contributed by atoms with Crippen LogP contribution < -0.4 is 5.32 Å². The molecule has 0 spiro atoms. The standard InChI is InChI=1S/C31H53NO22/c1-7-13(32-10-3-9(4-33)25(18(40)15(10)37)52-30-23(45)17(39)14(36)8(2)49-30)16(38)22(44)29(48-7)53-27-12(6-35)51-31(24(46)20(27)42)54-26-11(5-34)50-28(47)21(43)19(26)41/h3,7-8,10-47H,4-6H2,1-2H3/t7-,8-,10+,11-,12-,13-,14-,15+,16+,17+,18-,19-,20-,21-,22-,23-,24-,25-,26-,27-,28+,29-,30-,31-/m1/s1. The van der Waals surface area contributed by atoms with E-state index in [0.29, 0.717) is 0 Å². The van der Waals surface area contributed by atoms with Crippen molar-refractivity contribution in [1.29, 1.82) is 0 Å². The molecule has 4 heterocycles. The van der Waals surface area contributed by atoms with Gasteiger partial charge in [0.25, 0.3) is 0 Å². The zero-order valence-corrected chi connectivity index (χ0v) is 29.1. The van der Waals surface area contributed by atoms with Crippen LogP contribution in [0, 0.1) is 0 Å². The van der Waals surface area contributed by atoms with Crippen LogP contribution in [0.2, 0.25) is 0 Å². The van der Waals surface area contributed by atoms with Crippen LogP contribution in [0.25, 0.3) is 0 Å². The second kappa shape index (κ2) is 18.2. The van der Waals surface area contributed by atoms with Crippen molar-refractivity contribution in [1.82, 2.24) is 5.32 Å². The van der Waals surface area contributed by atoms with Crippen LogP contribution in [0.1, 0.15) is 13.8 Å². The lowest BCUT2D eigenvalue weighted by atomic mass is 9.86. The third-order valence-corrected chi connectivity index (χ3v) is 10.5. The maximum atomic E-state index is 11.2. The molecule has 23 heteroatoms. The number of nitrogens with one attached hydrogen (secondary N) is 1. The Labute approximate surface area is 307 Å². The van der Waals surface area contributed by atoms with Crippen molar-refractivity contribution >= 4 is 0 Å². The fourth-order valence-corrected chi connectivity index (χ4v) is 7.24. The minimum atomic E-state index is -1.97. The van der Waals surface area contributed by atoms with E-state index < -0.39 is 167 Å². The molecule has 0 aromatic rings. The van der Waals surface area contributed by atoms with Crippen molar-refractivity contribution in [2.75, 3.05) is 19.8 Å². The van der Waals surface area contributed by atoms with E-state index in [0.717, 1.165) is 0 Å².